The van der Waals surface area contributed by atoms with Crippen molar-refractivity contribution in [2.24, 2.45) is 0 Å². The first-order valence-electron chi connectivity index (χ1n) is 7.03. The van der Waals surface area contributed by atoms with E-state index in [1.54, 1.807) is 33.8 Å². The van der Waals surface area contributed by atoms with Crippen molar-refractivity contribution < 1.29 is 9.59 Å². The Labute approximate surface area is 132 Å². The molecule has 0 bridgehead atoms. The van der Waals surface area contributed by atoms with Gasteiger partial charge in [-0.1, -0.05) is 0 Å². The van der Waals surface area contributed by atoms with E-state index >= 15 is 0 Å². The Morgan fingerprint density at radius 3 is 2.48 bits per heavy atom. The molecule has 0 unspecified atom stereocenters. The van der Waals surface area contributed by atoms with Crippen molar-refractivity contribution >= 4 is 17.6 Å². The standard InChI is InChI=1S/C14H18N6O3/c1-7(2)15-12(22)13(23)17-10-5-9(4)19-20(10)14-16-8(3)6-11(21)18-14/h5-7H,1-4H3,(H,15,22)(H,17,23)(H,16,18,21). The van der Waals surface area contributed by atoms with Crippen LogP contribution in [0.4, 0.5) is 5.82 Å². The van der Waals surface area contributed by atoms with Gasteiger partial charge in [0.25, 0.3) is 5.56 Å². The lowest BCUT2D eigenvalue weighted by Gasteiger charge is -2.10. The van der Waals surface area contributed by atoms with Gasteiger partial charge < -0.3 is 10.6 Å². The fraction of sp³-hybridized carbons (Fsp3) is 0.357. The zero-order chi connectivity index (χ0) is 17.1. The van der Waals surface area contributed by atoms with Gasteiger partial charge in [-0.2, -0.15) is 9.78 Å². The van der Waals surface area contributed by atoms with Crippen LogP contribution in [0.5, 0.6) is 0 Å². The quantitative estimate of drug-likeness (QED) is 0.690. The third kappa shape index (κ3) is 4.02. The first-order valence-corrected chi connectivity index (χ1v) is 7.03. The minimum atomic E-state index is -0.824. The number of aromatic nitrogens is 4. The van der Waals surface area contributed by atoms with Crippen LogP contribution in [-0.2, 0) is 9.59 Å². The summed E-state index contributed by atoms with van der Waals surface area (Å²) >= 11 is 0. The van der Waals surface area contributed by atoms with E-state index in [0.717, 1.165) is 0 Å². The number of rotatable bonds is 3. The topological polar surface area (TPSA) is 122 Å². The highest BCUT2D eigenvalue weighted by Gasteiger charge is 2.18. The highest BCUT2D eigenvalue weighted by atomic mass is 16.2. The number of amides is 2. The molecule has 0 aliphatic rings. The van der Waals surface area contributed by atoms with E-state index < -0.39 is 11.8 Å². The van der Waals surface area contributed by atoms with Gasteiger partial charge in [-0.3, -0.25) is 19.4 Å². The molecule has 0 aliphatic heterocycles. The van der Waals surface area contributed by atoms with E-state index in [1.165, 1.54) is 10.7 Å². The van der Waals surface area contributed by atoms with Crippen LogP contribution in [-0.4, -0.2) is 37.6 Å². The first kappa shape index (κ1) is 16.4. The first-order chi connectivity index (χ1) is 10.8. The SMILES string of the molecule is Cc1cc(=O)[nH]c(-n2nc(C)cc2NC(=O)C(=O)NC(C)C)n1. The summed E-state index contributed by atoms with van der Waals surface area (Å²) in [6.45, 7) is 6.89. The van der Waals surface area contributed by atoms with Crippen LogP contribution in [0.2, 0.25) is 0 Å². The van der Waals surface area contributed by atoms with E-state index in [2.05, 4.69) is 25.7 Å². The molecular weight excluding hydrogens is 300 g/mol. The second-order valence-corrected chi connectivity index (χ2v) is 5.38. The molecule has 0 fully saturated rings. The summed E-state index contributed by atoms with van der Waals surface area (Å²) in [4.78, 5) is 41.9. The van der Waals surface area contributed by atoms with E-state index in [0.29, 0.717) is 11.4 Å². The Hall–Kier alpha value is -2.97. The normalized spacial score (nSPS) is 10.7. The van der Waals surface area contributed by atoms with Crippen molar-refractivity contribution in [1.29, 1.82) is 0 Å². The molecule has 0 saturated heterocycles. The van der Waals surface area contributed by atoms with Gasteiger partial charge in [0.15, 0.2) is 0 Å². The van der Waals surface area contributed by atoms with E-state index in [9.17, 15) is 14.4 Å². The molecule has 2 aromatic heterocycles. The van der Waals surface area contributed by atoms with Gasteiger partial charge in [0.2, 0.25) is 5.95 Å². The predicted octanol–water partition coefficient (Wildman–Crippen LogP) is 0.0355. The van der Waals surface area contributed by atoms with Crippen LogP contribution in [0.3, 0.4) is 0 Å². The molecule has 0 spiro atoms. The van der Waals surface area contributed by atoms with Crippen LogP contribution in [0.15, 0.2) is 16.9 Å². The summed E-state index contributed by atoms with van der Waals surface area (Å²) in [5, 5.41) is 9.13. The number of hydrogen-bond acceptors (Lipinski definition) is 5. The van der Waals surface area contributed by atoms with Gasteiger partial charge in [0.1, 0.15) is 5.82 Å². The maximum atomic E-state index is 11.9. The number of hydrogen-bond donors (Lipinski definition) is 3. The molecule has 3 N–H and O–H groups in total. The molecule has 2 heterocycles. The Bertz CT molecular complexity index is 805. The minimum Gasteiger partial charge on any atom is -0.346 e. The number of anilines is 1. The van der Waals surface area contributed by atoms with Crippen LogP contribution < -0.4 is 16.2 Å². The second-order valence-electron chi connectivity index (χ2n) is 5.38. The molecule has 0 radical (unpaired) electrons. The third-order valence-corrected chi connectivity index (χ3v) is 2.76. The van der Waals surface area contributed by atoms with Crippen LogP contribution >= 0.6 is 0 Å². The second kappa shape index (κ2) is 6.42. The zero-order valence-corrected chi connectivity index (χ0v) is 13.3. The van der Waals surface area contributed by atoms with Crippen LogP contribution in [0.25, 0.3) is 5.95 Å². The molecule has 0 aliphatic carbocycles. The van der Waals surface area contributed by atoms with Gasteiger partial charge in [-0.15, -0.1) is 0 Å². The summed E-state index contributed by atoms with van der Waals surface area (Å²) in [6, 6.07) is 2.76. The number of nitrogens with zero attached hydrogens (tertiary/aromatic N) is 3. The Morgan fingerprint density at radius 2 is 1.87 bits per heavy atom. The Kier molecular flexibility index (Phi) is 4.58. The maximum absolute atomic E-state index is 11.9. The molecule has 2 rings (SSSR count). The van der Waals surface area contributed by atoms with Crippen molar-refractivity contribution in [3.63, 3.8) is 0 Å². The van der Waals surface area contributed by atoms with Gasteiger partial charge in [0, 0.05) is 23.9 Å². The lowest BCUT2D eigenvalue weighted by Crippen LogP contribution is -2.39. The number of carbonyl (C=O) groups excluding carboxylic acids is 2. The van der Waals surface area contributed by atoms with Crippen molar-refractivity contribution in [2.75, 3.05) is 5.32 Å². The van der Waals surface area contributed by atoms with Gasteiger partial charge in [0.05, 0.1) is 5.69 Å². The number of aryl methyl sites for hydroxylation is 2. The lowest BCUT2D eigenvalue weighted by atomic mass is 10.4. The van der Waals surface area contributed by atoms with Crippen LogP contribution in [0, 0.1) is 13.8 Å². The summed E-state index contributed by atoms with van der Waals surface area (Å²) in [5.41, 5.74) is 0.760. The molecule has 9 heteroatoms. The van der Waals surface area contributed by atoms with E-state index in [-0.39, 0.29) is 23.4 Å². The maximum Gasteiger partial charge on any atom is 0.314 e. The Morgan fingerprint density at radius 1 is 1.17 bits per heavy atom. The fourth-order valence-corrected chi connectivity index (χ4v) is 1.91. The zero-order valence-electron chi connectivity index (χ0n) is 13.3. The van der Waals surface area contributed by atoms with Gasteiger partial charge in [-0.25, -0.2) is 4.98 Å². The van der Waals surface area contributed by atoms with Crippen molar-refractivity contribution in [3.8, 4) is 5.95 Å². The van der Waals surface area contributed by atoms with Gasteiger partial charge >= 0.3 is 11.8 Å². The molecule has 0 saturated carbocycles. The number of H-pyrrole nitrogens is 1. The average molecular weight is 318 g/mol. The number of aromatic amines is 1. The molecule has 2 amide bonds. The molecule has 23 heavy (non-hydrogen) atoms. The summed E-state index contributed by atoms with van der Waals surface area (Å²) in [5.74, 6) is -1.19. The molecule has 0 atom stereocenters. The number of carbonyl (C=O) groups is 2. The summed E-state index contributed by atoms with van der Waals surface area (Å²) in [7, 11) is 0. The molecule has 122 valence electrons. The fourth-order valence-electron chi connectivity index (χ4n) is 1.91. The van der Waals surface area contributed by atoms with E-state index in [1.807, 2.05) is 0 Å². The Balaban J connectivity index is 2.32. The smallest absolute Gasteiger partial charge is 0.314 e. The van der Waals surface area contributed by atoms with Gasteiger partial charge in [-0.05, 0) is 27.7 Å². The lowest BCUT2D eigenvalue weighted by molar-refractivity contribution is -0.136. The highest BCUT2D eigenvalue weighted by molar-refractivity contribution is 6.39. The average Bonchev–Trinajstić information content (AvgIpc) is 2.77. The predicted molar refractivity (Wildman–Crippen MR) is 83.4 cm³/mol. The van der Waals surface area contributed by atoms with Crippen molar-refractivity contribution in [1.82, 2.24) is 25.1 Å². The highest BCUT2D eigenvalue weighted by Crippen LogP contribution is 2.13. The van der Waals surface area contributed by atoms with Crippen LogP contribution in [0.1, 0.15) is 25.2 Å². The van der Waals surface area contributed by atoms with E-state index in [4.69, 9.17) is 0 Å². The summed E-state index contributed by atoms with van der Waals surface area (Å²) in [6.07, 6.45) is 0. The largest absolute Gasteiger partial charge is 0.346 e. The number of nitrogens with one attached hydrogen (secondary N) is 3. The summed E-state index contributed by atoms with van der Waals surface area (Å²) < 4.78 is 1.27. The molecule has 0 aromatic carbocycles. The minimum absolute atomic E-state index is 0.155. The molecule has 2 aromatic rings. The van der Waals surface area contributed by atoms with Crippen molar-refractivity contribution in [2.45, 2.75) is 33.7 Å². The molecule has 9 nitrogen and oxygen atoms in total. The molecular formula is C14H18N6O3. The van der Waals surface area contributed by atoms with Crippen molar-refractivity contribution in [3.05, 3.63) is 33.9 Å². The monoisotopic (exact) mass is 318 g/mol. The third-order valence-electron chi connectivity index (χ3n) is 2.76.